The molecule has 2 N–H and O–H groups in total. The van der Waals surface area contributed by atoms with Crippen LogP contribution in [0.3, 0.4) is 0 Å². The van der Waals surface area contributed by atoms with E-state index < -0.39 is 0 Å². The summed E-state index contributed by atoms with van der Waals surface area (Å²) in [6, 6.07) is 0. The van der Waals surface area contributed by atoms with Crippen LogP contribution in [0.5, 0.6) is 0 Å². The van der Waals surface area contributed by atoms with Crippen LogP contribution < -0.4 is 10.6 Å². The molecule has 4 nitrogen and oxygen atoms in total. The van der Waals surface area contributed by atoms with Crippen LogP contribution in [0, 0.1) is 0 Å². The van der Waals surface area contributed by atoms with Gasteiger partial charge in [-0.15, -0.1) is 0 Å². The summed E-state index contributed by atoms with van der Waals surface area (Å²) in [6.45, 7) is 5.96. The summed E-state index contributed by atoms with van der Waals surface area (Å²) in [4.78, 5) is 23.6. The zero-order valence-electron chi connectivity index (χ0n) is 22.7. The van der Waals surface area contributed by atoms with Crippen molar-refractivity contribution in [3.63, 3.8) is 0 Å². The molecule has 0 heterocycles. The normalized spacial score (nSPS) is 11.5. The van der Waals surface area contributed by atoms with E-state index in [0.717, 1.165) is 25.9 Å². The molecule has 0 aliphatic heterocycles. The molecule has 0 aliphatic rings. The molecule has 0 aromatic carbocycles. The number of carbonyl (C=O) groups is 2. The van der Waals surface area contributed by atoms with Gasteiger partial charge in [-0.05, 0) is 12.8 Å². The number of rotatable bonds is 25. The zero-order chi connectivity index (χ0) is 25.0. The highest BCUT2D eigenvalue weighted by Crippen LogP contribution is 2.11. The predicted octanol–water partition coefficient (Wildman–Crippen LogP) is 8.17. The van der Waals surface area contributed by atoms with Gasteiger partial charge in [0.1, 0.15) is 0 Å². The van der Waals surface area contributed by atoms with Gasteiger partial charge in [-0.2, -0.15) is 0 Å². The Hall–Kier alpha value is -1.58. The summed E-state index contributed by atoms with van der Waals surface area (Å²) in [5.74, 6) is -0.183. The first-order valence-corrected chi connectivity index (χ1v) is 14.6. The fourth-order valence-corrected chi connectivity index (χ4v) is 4.05. The number of carbonyl (C=O) groups excluding carboxylic acids is 2. The molecule has 0 unspecified atom stereocenters. The summed E-state index contributed by atoms with van der Waals surface area (Å²) in [7, 11) is 0. The zero-order valence-corrected chi connectivity index (χ0v) is 22.7. The van der Waals surface area contributed by atoms with Crippen molar-refractivity contribution >= 4 is 11.8 Å². The Morgan fingerprint density at radius 2 is 0.706 bits per heavy atom. The van der Waals surface area contributed by atoms with Crippen LogP contribution in [-0.2, 0) is 9.59 Å². The molecule has 0 saturated heterocycles. The number of nitrogens with one attached hydrogen (secondary N) is 2. The number of allylic oxidation sites excluding steroid dienone is 2. The number of hydrogen-bond acceptors (Lipinski definition) is 2. The number of amides is 2. The molecule has 0 saturated carbocycles. The van der Waals surface area contributed by atoms with Gasteiger partial charge in [0.15, 0.2) is 0 Å². The van der Waals surface area contributed by atoms with Crippen molar-refractivity contribution in [2.45, 2.75) is 142 Å². The maximum Gasteiger partial charge on any atom is 0.243 e. The van der Waals surface area contributed by atoms with Crippen LogP contribution in [0.25, 0.3) is 0 Å². The lowest BCUT2D eigenvalue weighted by Gasteiger charge is -2.03. The summed E-state index contributed by atoms with van der Waals surface area (Å²) in [5.41, 5.74) is 0. The molecule has 0 fully saturated rings. The van der Waals surface area contributed by atoms with E-state index in [1.807, 2.05) is 0 Å². The van der Waals surface area contributed by atoms with Gasteiger partial charge in [-0.1, -0.05) is 142 Å². The van der Waals surface area contributed by atoms with Gasteiger partial charge in [0.05, 0.1) is 0 Å². The lowest BCUT2D eigenvalue weighted by atomic mass is 10.1. The van der Waals surface area contributed by atoms with Crippen molar-refractivity contribution in [2.24, 2.45) is 0 Å². The van der Waals surface area contributed by atoms with Crippen LogP contribution >= 0.6 is 0 Å². The average molecular weight is 477 g/mol. The van der Waals surface area contributed by atoms with Gasteiger partial charge in [-0.25, -0.2) is 0 Å². The van der Waals surface area contributed by atoms with Gasteiger partial charge < -0.3 is 10.6 Å². The van der Waals surface area contributed by atoms with E-state index in [9.17, 15) is 9.59 Å². The fraction of sp³-hybridized carbons (Fsp3) is 0.800. The van der Waals surface area contributed by atoms with E-state index in [1.165, 1.54) is 128 Å². The molecule has 198 valence electrons. The molecule has 34 heavy (non-hydrogen) atoms. The Balaban J connectivity index is 3.46. The lowest BCUT2D eigenvalue weighted by molar-refractivity contribution is -0.117. The highest BCUT2D eigenvalue weighted by atomic mass is 16.2. The van der Waals surface area contributed by atoms with Gasteiger partial charge in [-0.3, -0.25) is 9.59 Å². The molecule has 0 spiro atoms. The summed E-state index contributed by atoms with van der Waals surface area (Å²) in [6.07, 6.45) is 32.1. The minimum Gasteiger partial charge on any atom is -0.353 e. The largest absolute Gasteiger partial charge is 0.353 e. The van der Waals surface area contributed by atoms with Crippen molar-refractivity contribution in [2.75, 3.05) is 13.1 Å². The third kappa shape index (κ3) is 26.7. The van der Waals surface area contributed by atoms with Crippen LogP contribution in [0.15, 0.2) is 24.3 Å². The van der Waals surface area contributed by atoms with E-state index in [0.29, 0.717) is 0 Å². The van der Waals surface area contributed by atoms with Crippen LogP contribution in [0.4, 0.5) is 0 Å². The standard InChI is InChI=1S/C30H56N2O2/c1-3-5-7-9-11-13-15-17-19-23-27-31-29(33)25-21-22-26-30(34)32-28-24-20-18-16-14-12-10-8-6-4-2/h21-22,25-26H,3-20,23-24,27-28H2,1-2H3,(H,31,33)(H,32,34)/b25-21+,26-22+. The van der Waals surface area contributed by atoms with Crippen LogP contribution in [0.1, 0.15) is 142 Å². The minimum atomic E-state index is -0.0913. The van der Waals surface area contributed by atoms with E-state index in [-0.39, 0.29) is 11.8 Å². The average Bonchev–Trinajstić information content (AvgIpc) is 2.83. The third-order valence-electron chi connectivity index (χ3n) is 6.27. The van der Waals surface area contributed by atoms with Crippen molar-refractivity contribution in [3.05, 3.63) is 24.3 Å². The SMILES string of the molecule is CCCCCCCCCCCCNC(=O)/C=C/C=C/C(=O)NCCCCCCCCCCCC. The highest BCUT2D eigenvalue weighted by molar-refractivity contribution is 5.89. The van der Waals surface area contributed by atoms with Crippen LogP contribution in [0.2, 0.25) is 0 Å². The van der Waals surface area contributed by atoms with Crippen molar-refractivity contribution in [1.82, 2.24) is 10.6 Å². The van der Waals surface area contributed by atoms with Crippen molar-refractivity contribution < 1.29 is 9.59 Å². The minimum absolute atomic E-state index is 0.0913. The molecule has 4 heteroatoms. The molecule has 0 bridgehead atoms. The maximum absolute atomic E-state index is 11.8. The second kappa shape index (κ2) is 27.7. The fourth-order valence-electron chi connectivity index (χ4n) is 4.05. The predicted molar refractivity (Wildman–Crippen MR) is 148 cm³/mol. The van der Waals surface area contributed by atoms with E-state index in [1.54, 1.807) is 12.2 Å². The maximum atomic E-state index is 11.8. The Kier molecular flexibility index (Phi) is 26.4. The molecular formula is C30H56N2O2. The molecule has 0 rings (SSSR count). The highest BCUT2D eigenvalue weighted by Gasteiger charge is 1.97. The molecule has 0 aromatic heterocycles. The second-order valence-corrected chi connectivity index (χ2v) is 9.66. The molecule has 0 atom stereocenters. The van der Waals surface area contributed by atoms with Gasteiger partial charge >= 0.3 is 0 Å². The van der Waals surface area contributed by atoms with Crippen molar-refractivity contribution in [1.29, 1.82) is 0 Å². The Morgan fingerprint density at radius 1 is 0.441 bits per heavy atom. The summed E-state index contributed by atoms with van der Waals surface area (Å²) in [5, 5.41) is 5.82. The molecule has 0 aliphatic carbocycles. The molecule has 0 radical (unpaired) electrons. The second-order valence-electron chi connectivity index (χ2n) is 9.66. The molecule has 2 amide bonds. The lowest BCUT2D eigenvalue weighted by Crippen LogP contribution is -2.22. The topological polar surface area (TPSA) is 58.2 Å². The van der Waals surface area contributed by atoms with E-state index in [4.69, 9.17) is 0 Å². The first-order chi connectivity index (χ1) is 16.7. The Bertz CT molecular complexity index is 468. The Labute approximate surface area is 211 Å². The van der Waals surface area contributed by atoms with Gasteiger partial charge in [0.2, 0.25) is 11.8 Å². The molecule has 0 aromatic rings. The summed E-state index contributed by atoms with van der Waals surface area (Å²) >= 11 is 0. The number of hydrogen-bond donors (Lipinski definition) is 2. The quantitative estimate of drug-likeness (QED) is 0.0793. The van der Waals surface area contributed by atoms with E-state index >= 15 is 0 Å². The number of unbranched alkanes of at least 4 members (excludes halogenated alkanes) is 18. The molecular weight excluding hydrogens is 420 g/mol. The van der Waals surface area contributed by atoms with Gasteiger partial charge in [0, 0.05) is 25.2 Å². The smallest absolute Gasteiger partial charge is 0.243 e. The first kappa shape index (κ1) is 32.4. The van der Waals surface area contributed by atoms with Crippen molar-refractivity contribution in [3.8, 4) is 0 Å². The van der Waals surface area contributed by atoms with Gasteiger partial charge in [0.25, 0.3) is 0 Å². The van der Waals surface area contributed by atoms with Crippen LogP contribution in [-0.4, -0.2) is 24.9 Å². The Morgan fingerprint density at radius 3 is 1.00 bits per heavy atom. The summed E-state index contributed by atoms with van der Waals surface area (Å²) < 4.78 is 0. The third-order valence-corrected chi connectivity index (χ3v) is 6.27. The monoisotopic (exact) mass is 476 g/mol. The first-order valence-electron chi connectivity index (χ1n) is 14.6. The van der Waals surface area contributed by atoms with E-state index in [2.05, 4.69) is 24.5 Å².